The maximum Gasteiger partial charge on any atom is 0.355 e. The van der Waals surface area contributed by atoms with E-state index in [1.165, 1.54) is 31.4 Å². The summed E-state index contributed by atoms with van der Waals surface area (Å²) in [4.78, 5) is 42.6. The number of H-pyrrole nitrogens is 1. The Kier molecular flexibility index (Phi) is 10.3. The molecule has 1 aliphatic rings. The van der Waals surface area contributed by atoms with Crippen molar-refractivity contribution in [3.05, 3.63) is 97.7 Å². The molecule has 3 heterocycles. The standard InChI is InChI=1S/C38H43NO11/c1-18(2)9-10-22-16-23(11-13-27(22)40)28(41)17-25-30(42)24-12-14-29(20(4)32(24)48-35(25)44)47-37-33(31(43)34(46-8)38(6,7)50-37)49-36(45)26-15-19(3)21(5)39-26/h9,11-16,31,33-34,37,39-40,42-43H,10,17H2,1-8H3/t31-,33+,34+,37+/m0/s1. The molecule has 1 aliphatic heterocycles. The van der Waals surface area contributed by atoms with Gasteiger partial charge in [-0.25, -0.2) is 9.59 Å². The monoisotopic (exact) mass is 689 g/mol. The van der Waals surface area contributed by atoms with Crippen molar-refractivity contribution in [3.8, 4) is 17.2 Å². The Hall–Kier alpha value is -4.91. The predicted molar refractivity (Wildman–Crippen MR) is 184 cm³/mol. The molecule has 4 atom stereocenters. The van der Waals surface area contributed by atoms with E-state index in [4.69, 9.17) is 23.4 Å². The second-order valence-electron chi connectivity index (χ2n) is 13.4. The molecule has 0 amide bonds. The Morgan fingerprint density at radius 1 is 1.06 bits per heavy atom. The van der Waals surface area contributed by atoms with Crippen LogP contribution in [0.5, 0.6) is 17.2 Å². The van der Waals surface area contributed by atoms with Gasteiger partial charge in [-0.05, 0) is 102 Å². The minimum atomic E-state index is -1.35. The topological polar surface area (TPSA) is 178 Å². The van der Waals surface area contributed by atoms with E-state index in [2.05, 4.69) is 4.98 Å². The summed E-state index contributed by atoms with van der Waals surface area (Å²) in [5.41, 5.74) is 1.80. The highest BCUT2D eigenvalue weighted by atomic mass is 16.7. The molecule has 4 aromatic rings. The lowest BCUT2D eigenvalue weighted by molar-refractivity contribution is -0.305. The van der Waals surface area contributed by atoms with Gasteiger partial charge in [-0.15, -0.1) is 0 Å². The number of hydrogen-bond donors (Lipinski definition) is 4. The average molecular weight is 690 g/mol. The van der Waals surface area contributed by atoms with E-state index in [9.17, 15) is 29.7 Å². The quantitative estimate of drug-likeness (QED) is 0.0715. The molecule has 4 N–H and O–H groups in total. The molecule has 12 nitrogen and oxygen atoms in total. The van der Waals surface area contributed by atoms with Crippen molar-refractivity contribution in [1.82, 2.24) is 4.98 Å². The number of fused-ring (bicyclic) bond motifs is 1. The van der Waals surface area contributed by atoms with Gasteiger partial charge in [0.1, 0.15) is 40.7 Å². The third-order valence-electron chi connectivity index (χ3n) is 9.06. The first-order valence-corrected chi connectivity index (χ1v) is 16.2. The van der Waals surface area contributed by atoms with Gasteiger partial charge in [0, 0.05) is 30.4 Å². The highest BCUT2D eigenvalue weighted by Gasteiger charge is 2.53. The number of aryl methyl sites for hydroxylation is 3. The average Bonchev–Trinajstić information content (AvgIpc) is 3.39. The summed E-state index contributed by atoms with van der Waals surface area (Å²) in [5, 5.41) is 32.9. The number of carbonyl (C=O) groups excluding carboxylic acids is 2. The van der Waals surface area contributed by atoms with Crippen LogP contribution < -0.4 is 10.4 Å². The number of aliphatic hydroxyl groups excluding tert-OH is 1. The molecule has 5 rings (SSSR count). The lowest BCUT2D eigenvalue weighted by Crippen LogP contribution is -2.64. The van der Waals surface area contributed by atoms with Crippen LogP contribution in [0.1, 0.15) is 76.5 Å². The summed E-state index contributed by atoms with van der Waals surface area (Å²) >= 11 is 0. The normalized spacial score (nSPS) is 20.0. The summed E-state index contributed by atoms with van der Waals surface area (Å²) < 4.78 is 29.3. The molecular weight excluding hydrogens is 646 g/mol. The number of methoxy groups -OCH3 is 1. The highest BCUT2D eigenvalue weighted by Crippen LogP contribution is 2.38. The zero-order chi connectivity index (χ0) is 36.7. The van der Waals surface area contributed by atoms with Crippen molar-refractivity contribution in [3.63, 3.8) is 0 Å². The molecule has 1 fully saturated rings. The van der Waals surface area contributed by atoms with Crippen LogP contribution in [0.4, 0.5) is 0 Å². The Balaban J connectivity index is 1.44. The summed E-state index contributed by atoms with van der Waals surface area (Å²) in [7, 11) is 1.41. The number of phenols is 1. The third-order valence-corrected chi connectivity index (χ3v) is 9.06. The molecule has 0 saturated carbocycles. The lowest BCUT2D eigenvalue weighted by atomic mass is 9.89. The zero-order valence-electron chi connectivity index (χ0n) is 29.4. The molecule has 2 aromatic carbocycles. The fourth-order valence-electron chi connectivity index (χ4n) is 6.09. The number of carbonyl (C=O) groups is 2. The van der Waals surface area contributed by atoms with Crippen molar-refractivity contribution in [2.24, 2.45) is 0 Å². The fourth-order valence-corrected chi connectivity index (χ4v) is 6.09. The van der Waals surface area contributed by atoms with Crippen molar-refractivity contribution >= 4 is 22.7 Å². The molecule has 1 saturated heterocycles. The summed E-state index contributed by atoms with van der Waals surface area (Å²) in [6.07, 6.45) is -2.99. The van der Waals surface area contributed by atoms with Gasteiger partial charge in [-0.3, -0.25) is 4.79 Å². The van der Waals surface area contributed by atoms with Gasteiger partial charge >= 0.3 is 11.6 Å². The molecule has 0 aliphatic carbocycles. The number of aromatic amines is 1. The van der Waals surface area contributed by atoms with E-state index in [0.29, 0.717) is 17.5 Å². The lowest BCUT2D eigenvalue weighted by Gasteiger charge is -2.47. The number of esters is 1. The van der Waals surface area contributed by atoms with E-state index < -0.39 is 59.8 Å². The first-order valence-electron chi connectivity index (χ1n) is 16.2. The number of aliphatic hydroxyl groups is 1. The summed E-state index contributed by atoms with van der Waals surface area (Å²) in [5.74, 6) is -1.39. The van der Waals surface area contributed by atoms with Crippen LogP contribution in [-0.4, -0.2) is 69.4 Å². The summed E-state index contributed by atoms with van der Waals surface area (Å²) in [6.45, 7) is 12.5. The van der Waals surface area contributed by atoms with Gasteiger partial charge in [-0.2, -0.15) is 0 Å². The van der Waals surface area contributed by atoms with E-state index in [-0.39, 0.29) is 39.3 Å². The number of aromatic nitrogens is 1. The first-order chi connectivity index (χ1) is 23.5. The van der Waals surface area contributed by atoms with E-state index in [0.717, 1.165) is 16.8 Å². The third kappa shape index (κ3) is 7.18. The van der Waals surface area contributed by atoms with Crippen molar-refractivity contribution in [2.45, 2.75) is 91.5 Å². The second kappa shape index (κ2) is 14.1. The van der Waals surface area contributed by atoms with Crippen LogP contribution in [0.15, 0.2) is 57.3 Å². The largest absolute Gasteiger partial charge is 0.508 e. The van der Waals surface area contributed by atoms with Gasteiger partial charge in [0.25, 0.3) is 0 Å². The minimum Gasteiger partial charge on any atom is -0.508 e. The second-order valence-corrected chi connectivity index (χ2v) is 13.4. The molecular formula is C38H43NO11. The first kappa shape index (κ1) is 36.4. The molecule has 12 heteroatoms. The van der Waals surface area contributed by atoms with Crippen LogP contribution in [0.25, 0.3) is 11.0 Å². The van der Waals surface area contributed by atoms with Crippen molar-refractivity contribution in [2.75, 3.05) is 7.11 Å². The van der Waals surface area contributed by atoms with Crippen LogP contribution >= 0.6 is 0 Å². The molecule has 0 radical (unpaired) electrons. The SMILES string of the molecule is CO[C@@H]1[C@@H](O)[C@@H](OC(=O)c2cc(C)c(C)[nH]2)[C@H](Oc2ccc3c(O)c(CC(=O)c4ccc(O)c(CC=C(C)C)c4)c(=O)oc3c2C)OC1(C)C. The molecule has 0 bridgehead atoms. The Morgan fingerprint density at radius 2 is 1.78 bits per heavy atom. The number of nitrogens with one attached hydrogen (secondary N) is 1. The number of Topliss-reactive ketones (excluding diaryl/α,β-unsaturated/α-hetero) is 1. The van der Waals surface area contributed by atoms with Gasteiger partial charge in [0.05, 0.1) is 16.6 Å². The van der Waals surface area contributed by atoms with Crippen LogP contribution in [0.2, 0.25) is 0 Å². The van der Waals surface area contributed by atoms with Gasteiger partial charge < -0.3 is 43.7 Å². The molecule has 266 valence electrons. The number of ether oxygens (including phenoxy) is 4. The number of rotatable bonds is 10. The maximum atomic E-state index is 13.2. The Bertz CT molecular complexity index is 2010. The van der Waals surface area contributed by atoms with Gasteiger partial charge in [0.15, 0.2) is 11.9 Å². The van der Waals surface area contributed by atoms with Gasteiger partial charge in [0.2, 0.25) is 6.29 Å². The molecule has 50 heavy (non-hydrogen) atoms. The van der Waals surface area contributed by atoms with E-state index in [1.54, 1.807) is 32.9 Å². The number of hydrogen-bond acceptors (Lipinski definition) is 11. The molecule has 0 spiro atoms. The number of phenolic OH excluding ortho intramolecular Hbond substituents is 1. The minimum absolute atomic E-state index is 0.00566. The predicted octanol–water partition coefficient (Wildman–Crippen LogP) is 5.51. The van der Waals surface area contributed by atoms with E-state index in [1.807, 2.05) is 33.8 Å². The number of allylic oxidation sites excluding steroid dienone is 2. The number of aromatic hydroxyl groups is 2. The van der Waals surface area contributed by atoms with Crippen LogP contribution in [-0.2, 0) is 27.1 Å². The zero-order valence-corrected chi connectivity index (χ0v) is 29.4. The fraction of sp³-hybridized carbons (Fsp3) is 0.395. The van der Waals surface area contributed by atoms with Crippen molar-refractivity contribution < 1.29 is 48.3 Å². The highest BCUT2D eigenvalue weighted by molar-refractivity contribution is 5.99. The van der Waals surface area contributed by atoms with Crippen molar-refractivity contribution in [1.29, 1.82) is 0 Å². The Labute approximate surface area is 289 Å². The molecule has 0 unspecified atom stereocenters. The van der Waals surface area contributed by atoms with E-state index >= 15 is 0 Å². The van der Waals surface area contributed by atoms with Crippen LogP contribution in [0.3, 0.4) is 0 Å². The Morgan fingerprint density at radius 3 is 2.42 bits per heavy atom. The number of benzene rings is 2. The maximum absolute atomic E-state index is 13.2. The number of ketones is 1. The molecule has 2 aromatic heterocycles. The summed E-state index contributed by atoms with van der Waals surface area (Å²) in [6, 6.07) is 9.07. The van der Waals surface area contributed by atoms with Gasteiger partial charge in [-0.1, -0.05) is 11.6 Å². The smallest absolute Gasteiger partial charge is 0.355 e. The van der Waals surface area contributed by atoms with Crippen LogP contribution in [0, 0.1) is 20.8 Å².